The molecule has 2 aromatic rings. The number of hydrogen-bond acceptors (Lipinski definition) is 6. The maximum absolute atomic E-state index is 10.2. The predicted octanol–water partition coefficient (Wildman–Crippen LogP) is 1.79. The molecule has 4 rings (SSSR count). The van der Waals surface area contributed by atoms with Crippen molar-refractivity contribution in [3.63, 3.8) is 0 Å². The van der Waals surface area contributed by atoms with Crippen molar-refractivity contribution in [3.8, 4) is 0 Å². The van der Waals surface area contributed by atoms with Gasteiger partial charge in [0, 0.05) is 26.1 Å². The second kappa shape index (κ2) is 6.13. The van der Waals surface area contributed by atoms with E-state index < -0.39 is 5.60 Å². The second-order valence-corrected chi connectivity index (χ2v) is 6.93. The van der Waals surface area contributed by atoms with Crippen molar-refractivity contribution < 1.29 is 9.84 Å². The monoisotopic (exact) mass is 351 g/mol. The summed E-state index contributed by atoms with van der Waals surface area (Å²) in [7, 11) is 0. The Morgan fingerprint density at radius 2 is 1.96 bits per heavy atom. The summed E-state index contributed by atoms with van der Waals surface area (Å²) in [4.78, 5) is 15.8. The van der Waals surface area contributed by atoms with Crippen molar-refractivity contribution >= 4 is 28.6 Å². The summed E-state index contributed by atoms with van der Waals surface area (Å²) in [6.07, 6.45) is 3.29. The van der Waals surface area contributed by atoms with Crippen LogP contribution in [0.1, 0.15) is 32.0 Å². The highest BCUT2D eigenvalue weighted by molar-refractivity contribution is 6.28. The van der Waals surface area contributed by atoms with Crippen LogP contribution in [0.3, 0.4) is 0 Å². The summed E-state index contributed by atoms with van der Waals surface area (Å²) < 4.78 is 7.51. The number of hydrogen-bond donors (Lipinski definition) is 1. The molecule has 1 saturated heterocycles. The molecule has 0 aromatic carbocycles. The molecule has 1 N–H and O–H groups in total. The summed E-state index contributed by atoms with van der Waals surface area (Å²) >= 11 is 6.20. The van der Waals surface area contributed by atoms with Crippen LogP contribution in [-0.2, 0) is 17.7 Å². The molecular formula is C16H22ClN5O2. The smallest absolute Gasteiger partial charge is 0.226 e. The number of aromatic nitrogens is 4. The number of aryl methyl sites for hydroxylation is 2. The number of imidazole rings is 1. The Hall–Kier alpha value is -1.44. The Morgan fingerprint density at radius 1 is 1.21 bits per heavy atom. The van der Waals surface area contributed by atoms with Crippen LogP contribution in [0.25, 0.3) is 11.2 Å². The fourth-order valence-corrected chi connectivity index (χ4v) is 3.38. The molecule has 0 radical (unpaired) electrons. The number of aliphatic hydroxyl groups is 1. The maximum Gasteiger partial charge on any atom is 0.226 e. The molecule has 0 spiro atoms. The van der Waals surface area contributed by atoms with Gasteiger partial charge in [-0.1, -0.05) is 6.92 Å². The third kappa shape index (κ3) is 2.96. The number of morpholine rings is 1. The summed E-state index contributed by atoms with van der Waals surface area (Å²) in [6, 6.07) is 0. The van der Waals surface area contributed by atoms with Gasteiger partial charge in [0.25, 0.3) is 0 Å². The van der Waals surface area contributed by atoms with Crippen molar-refractivity contribution in [2.75, 3.05) is 31.2 Å². The van der Waals surface area contributed by atoms with Crippen molar-refractivity contribution in [2.45, 2.75) is 44.8 Å². The molecule has 1 aliphatic carbocycles. The summed E-state index contributed by atoms with van der Waals surface area (Å²) in [5.41, 5.74) is 1.06. The molecule has 24 heavy (non-hydrogen) atoms. The zero-order valence-electron chi connectivity index (χ0n) is 13.8. The highest BCUT2D eigenvalue weighted by atomic mass is 35.5. The van der Waals surface area contributed by atoms with Gasteiger partial charge in [-0.15, -0.1) is 0 Å². The molecule has 2 aromatic heterocycles. The van der Waals surface area contributed by atoms with E-state index in [9.17, 15) is 5.11 Å². The number of nitrogens with zero attached hydrogens (tertiary/aromatic N) is 5. The Labute approximate surface area is 145 Å². The average Bonchev–Trinajstić information content (AvgIpc) is 3.22. The minimum atomic E-state index is -0.495. The van der Waals surface area contributed by atoms with Crippen molar-refractivity contribution in [3.05, 3.63) is 11.1 Å². The number of ether oxygens (including phenoxy) is 1. The summed E-state index contributed by atoms with van der Waals surface area (Å²) in [5.74, 6) is 1.74. The van der Waals surface area contributed by atoms with Crippen LogP contribution in [0, 0.1) is 0 Å². The van der Waals surface area contributed by atoms with Crippen LogP contribution in [0.2, 0.25) is 5.28 Å². The third-order valence-corrected chi connectivity index (χ3v) is 5.05. The molecule has 7 nitrogen and oxygen atoms in total. The normalized spacial score (nSPS) is 19.9. The van der Waals surface area contributed by atoms with E-state index in [1.807, 2.05) is 0 Å². The first kappa shape index (κ1) is 16.1. The van der Waals surface area contributed by atoms with Crippen LogP contribution in [0.5, 0.6) is 0 Å². The lowest BCUT2D eigenvalue weighted by Crippen LogP contribution is -2.37. The number of halogens is 1. The molecule has 2 fully saturated rings. The van der Waals surface area contributed by atoms with Crippen LogP contribution in [0.15, 0.2) is 0 Å². The molecule has 0 bridgehead atoms. The summed E-state index contributed by atoms with van der Waals surface area (Å²) in [6.45, 7) is 5.68. The Kier molecular flexibility index (Phi) is 4.10. The Bertz CT molecular complexity index is 752. The molecule has 0 amide bonds. The van der Waals surface area contributed by atoms with E-state index in [2.05, 4.69) is 26.4 Å². The lowest BCUT2D eigenvalue weighted by molar-refractivity contribution is 0.122. The van der Waals surface area contributed by atoms with Gasteiger partial charge in [-0.3, -0.25) is 0 Å². The zero-order chi connectivity index (χ0) is 16.7. The predicted molar refractivity (Wildman–Crippen MR) is 91.5 cm³/mol. The highest BCUT2D eigenvalue weighted by Gasteiger charge is 2.40. The van der Waals surface area contributed by atoms with E-state index in [1.165, 1.54) is 0 Å². The maximum atomic E-state index is 10.2. The van der Waals surface area contributed by atoms with E-state index >= 15 is 0 Å². The van der Waals surface area contributed by atoms with E-state index in [1.54, 1.807) is 0 Å². The zero-order valence-corrected chi connectivity index (χ0v) is 14.6. The van der Waals surface area contributed by atoms with Gasteiger partial charge in [-0.2, -0.15) is 9.97 Å². The van der Waals surface area contributed by atoms with Crippen molar-refractivity contribution in [1.82, 2.24) is 19.5 Å². The number of rotatable bonds is 5. The molecule has 130 valence electrons. The lowest BCUT2D eigenvalue weighted by Gasteiger charge is -2.27. The van der Waals surface area contributed by atoms with Gasteiger partial charge in [-0.05, 0) is 30.9 Å². The van der Waals surface area contributed by atoms with Crippen molar-refractivity contribution in [2.24, 2.45) is 0 Å². The van der Waals surface area contributed by atoms with Crippen LogP contribution in [-0.4, -0.2) is 56.5 Å². The molecule has 0 unspecified atom stereocenters. The SMILES string of the molecule is CCc1nc2c(N3CCOCC3)nc(Cl)nc2n1CCC1(O)CC1. The van der Waals surface area contributed by atoms with Crippen LogP contribution in [0.4, 0.5) is 5.82 Å². The first-order valence-electron chi connectivity index (χ1n) is 8.57. The molecule has 3 heterocycles. The van der Waals surface area contributed by atoms with Gasteiger partial charge in [0.1, 0.15) is 5.82 Å². The molecule has 0 atom stereocenters. The minimum Gasteiger partial charge on any atom is -0.390 e. The van der Waals surface area contributed by atoms with Crippen LogP contribution >= 0.6 is 11.6 Å². The van der Waals surface area contributed by atoms with Gasteiger partial charge in [0.05, 0.1) is 18.8 Å². The van der Waals surface area contributed by atoms with Gasteiger partial charge in [-0.25, -0.2) is 4.98 Å². The van der Waals surface area contributed by atoms with Crippen molar-refractivity contribution in [1.29, 1.82) is 0 Å². The molecular weight excluding hydrogens is 330 g/mol. The Balaban J connectivity index is 1.75. The van der Waals surface area contributed by atoms with Gasteiger partial charge >= 0.3 is 0 Å². The fourth-order valence-electron chi connectivity index (χ4n) is 3.22. The standard InChI is InChI=1S/C16H22ClN5O2/c1-2-11-18-12-13(21-7-9-24-10-8-21)19-15(17)20-14(12)22(11)6-5-16(23)3-4-16/h23H,2-10H2,1H3. The van der Waals surface area contributed by atoms with Gasteiger partial charge < -0.3 is 19.3 Å². The van der Waals surface area contributed by atoms with Gasteiger partial charge in [0.15, 0.2) is 17.0 Å². The molecule has 8 heteroatoms. The first-order chi connectivity index (χ1) is 11.6. The van der Waals surface area contributed by atoms with E-state index in [-0.39, 0.29) is 5.28 Å². The fraction of sp³-hybridized carbons (Fsp3) is 0.688. The first-order valence-corrected chi connectivity index (χ1v) is 8.95. The average molecular weight is 352 g/mol. The lowest BCUT2D eigenvalue weighted by atomic mass is 10.2. The third-order valence-electron chi connectivity index (χ3n) is 4.88. The van der Waals surface area contributed by atoms with Crippen LogP contribution < -0.4 is 4.90 Å². The molecule has 2 aliphatic rings. The van der Waals surface area contributed by atoms with E-state index in [0.717, 1.165) is 61.6 Å². The van der Waals surface area contributed by atoms with E-state index in [0.29, 0.717) is 19.8 Å². The number of fused-ring (bicyclic) bond motifs is 1. The minimum absolute atomic E-state index is 0.234. The van der Waals surface area contributed by atoms with Gasteiger partial charge in [0.2, 0.25) is 5.28 Å². The molecule has 1 aliphatic heterocycles. The molecule has 1 saturated carbocycles. The highest BCUT2D eigenvalue weighted by Crippen LogP contribution is 2.39. The Morgan fingerprint density at radius 3 is 2.62 bits per heavy atom. The number of anilines is 1. The largest absolute Gasteiger partial charge is 0.390 e. The topological polar surface area (TPSA) is 76.3 Å². The summed E-state index contributed by atoms with van der Waals surface area (Å²) in [5, 5.41) is 10.4. The second-order valence-electron chi connectivity index (χ2n) is 6.60. The van der Waals surface area contributed by atoms with E-state index in [4.69, 9.17) is 21.3 Å². The quantitative estimate of drug-likeness (QED) is 0.828.